The summed E-state index contributed by atoms with van der Waals surface area (Å²) in [5, 5.41) is 5.87. The SMILES string of the molecule is CN(C)CCNC(=O)c1ccc(NC(=O)c2cccnc2N(C)C)cc1Cl. The van der Waals surface area contributed by atoms with Crippen molar-refractivity contribution in [3.05, 3.63) is 52.7 Å². The number of nitrogens with zero attached hydrogens (tertiary/aromatic N) is 3. The maximum atomic E-state index is 12.6. The molecule has 2 N–H and O–H groups in total. The van der Waals surface area contributed by atoms with Crippen LogP contribution in [0, 0.1) is 0 Å². The van der Waals surface area contributed by atoms with Gasteiger partial charge in [-0.1, -0.05) is 11.6 Å². The second-order valence-corrected chi connectivity index (χ2v) is 6.88. The van der Waals surface area contributed by atoms with Crippen LogP contribution in [0.15, 0.2) is 36.5 Å². The van der Waals surface area contributed by atoms with Crippen molar-refractivity contribution in [3.8, 4) is 0 Å². The second-order valence-electron chi connectivity index (χ2n) is 6.48. The number of nitrogens with one attached hydrogen (secondary N) is 2. The third-order valence-corrected chi connectivity index (χ3v) is 4.08. The van der Waals surface area contributed by atoms with Crippen LogP contribution in [0.1, 0.15) is 20.7 Å². The summed E-state index contributed by atoms with van der Waals surface area (Å²) in [6.45, 7) is 1.26. The summed E-state index contributed by atoms with van der Waals surface area (Å²) in [6, 6.07) is 8.21. The molecule has 0 spiro atoms. The van der Waals surface area contributed by atoms with Crippen molar-refractivity contribution in [1.82, 2.24) is 15.2 Å². The topological polar surface area (TPSA) is 77.6 Å². The molecule has 2 rings (SSSR count). The van der Waals surface area contributed by atoms with E-state index in [-0.39, 0.29) is 16.8 Å². The predicted octanol–water partition coefficient (Wildman–Crippen LogP) is 2.34. The number of halogens is 1. The van der Waals surface area contributed by atoms with Crippen LogP contribution in [-0.2, 0) is 0 Å². The molecule has 0 atom stereocenters. The van der Waals surface area contributed by atoms with Gasteiger partial charge in [0.1, 0.15) is 5.82 Å². The lowest BCUT2D eigenvalue weighted by atomic mass is 10.1. The van der Waals surface area contributed by atoms with Gasteiger partial charge in [-0.3, -0.25) is 9.59 Å². The lowest BCUT2D eigenvalue weighted by molar-refractivity contribution is 0.0950. The summed E-state index contributed by atoms with van der Waals surface area (Å²) >= 11 is 6.23. The summed E-state index contributed by atoms with van der Waals surface area (Å²) in [5.74, 6) is 0.0194. The molecular weight excluding hydrogens is 366 g/mol. The first kappa shape index (κ1) is 20.7. The van der Waals surface area contributed by atoms with E-state index < -0.39 is 0 Å². The maximum Gasteiger partial charge on any atom is 0.259 e. The first-order valence-corrected chi connectivity index (χ1v) is 8.83. The van der Waals surface area contributed by atoms with Crippen LogP contribution in [0.2, 0.25) is 5.02 Å². The summed E-state index contributed by atoms with van der Waals surface area (Å²) in [4.78, 5) is 32.7. The number of pyridine rings is 1. The Morgan fingerprint density at radius 2 is 1.81 bits per heavy atom. The van der Waals surface area contributed by atoms with E-state index in [1.54, 1.807) is 41.4 Å². The molecule has 0 unspecified atom stereocenters. The number of aromatic nitrogens is 1. The normalized spacial score (nSPS) is 10.6. The zero-order valence-corrected chi connectivity index (χ0v) is 16.7. The van der Waals surface area contributed by atoms with Crippen molar-refractivity contribution < 1.29 is 9.59 Å². The third kappa shape index (κ3) is 5.67. The molecular formula is C19H24ClN5O2. The van der Waals surface area contributed by atoms with Gasteiger partial charge < -0.3 is 20.4 Å². The molecule has 0 aliphatic carbocycles. The average Bonchev–Trinajstić information content (AvgIpc) is 2.61. The number of amides is 2. The van der Waals surface area contributed by atoms with Gasteiger partial charge in [-0.2, -0.15) is 0 Å². The molecule has 0 radical (unpaired) electrons. The van der Waals surface area contributed by atoms with Gasteiger partial charge >= 0.3 is 0 Å². The van der Waals surface area contributed by atoms with Crippen LogP contribution in [0.5, 0.6) is 0 Å². The highest BCUT2D eigenvalue weighted by atomic mass is 35.5. The Kier molecular flexibility index (Phi) is 7.15. The number of benzene rings is 1. The van der Waals surface area contributed by atoms with Gasteiger partial charge in [-0.15, -0.1) is 0 Å². The minimum atomic E-state index is -0.300. The Balaban J connectivity index is 2.10. The number of anilines is 2. The predicted molar refractivity (Wildman–Crippen MR) is 109 cm³/mol. The highest BCUT2D eigenvalue weighted by Gasteiger charge is 2.15. The van der Waals surface area contributed by atoms with Crippen molar-refractivity contribution in [3.63, 3.8) is 0 Å². The first-order chi connectivity index (χ1) is 12.8. The van der Waals surface area contributed by atoms with E-state index in [0.717, 1.165) is 6.54 Å². The monoisotopic (exact) mass is 389 g/mol. The number of hydrogen-bond donors (Lipinski definition) is 2. The average molecular weight is 390 g/mol. The fourth-order valence-corrected chi connectivity index (χ4v) is 2.66. The van der Waals surface area contributed by atoms with Crippen LogP contribution >= 0.6 is 11.6 Å². The van der Waals surface area contributed by atoms with E-state index in [9.17, 15) is 9.59 Å². The zero-order chi connectivity index (χ0) is 20.0. The molecule has 0 bridgehead atoms. The lowest BCUT2D eigenvalue weighted by Crippen LogP contribution is -2.31. The molecule has 1 heterocycles. The van der Waals surface area contributed by atoms with Crippen molar-refractivity contribution in [2.45, 2.75) is 0 Å². The summed E-state index contributed by atoms with van der Waals surface area (Å²) in [7, 11) is 7.50. The second kappa shape index (κ2) is 9.34. The minimum absolute atomic E-state index is 0.248. The van der Waals surface area contributed by atoms with E-state index in [1.165, 1.54) is 0 Å². The molecule has 0 fully saturated rings. The molecule has 2 amide bonds. The number of carbonyl (C=O) groups excluding carboxylic acids is 2. The molecule has 144 valence electrons. The standard InChI is InChI=1S/C19H24ClN5O2/c1-24(2)11-10-22-18(26)14-8-7-13(12-16(14)20)23-19(27)15-6-5-9-21-17(15)25(3)4/h5-9,12H,10-11H2,1-4H3,(H,22,26)(H,23,27). The Hall–Kier alpha value is -2.64. The van der Waals surface area contributed by atoms with E-state index >= 15 is 0 Å². The Morgan fingerprint density at radius 3 is 2.44 bits per heavy atom. The molecule has 0 aliphatic rings. The van der Waals surface area contributed by atoms with Gasteiger partial charge in [0.2, 0.25) is 0 Å². The van der Waals surface area contributed by atoms with Crippen LogP contribution in [0.25, 0.3) is 0 Å². The quantitative estimate of drug-likeness (QED) is 0.760. The van der Waals surface area contributed by atoms with Gasteiger partial charge in [0, 0.05) is 39.1 Å². The summed E-state index contributed by atoms with van der Waals surface area (Å²) < 4.78 is 0. The fourth-order valence-electron chi connectivity index (χ4n) is 2.39. The van der Waals surface area contributed by atoms with Crippen molar-refractivity contribution in [2.24, 2.45) is 0 Å². The van der Waals surface area contributed by atoms with Gasteiger partial charge in [-0.25, -0.2) is 4.98 Å². The molecule has 0 aliphatic heterocycles. The summed E-state index contributed by atoms with van der Waals surface area (Å²) in [5.41, 5.74) is 1.32. The molecule has 1 aromatic heterocycles. The molecule has 27 heavy (non-hydrogen) atoms. The summed E-state index contributed by atoms with van der Waals surface area (Å²) in [6.07, 6.45) is 1.63. The molecule has 1 aromatic carbocycles. The molecule has 7 nitrogen and oxygen atoms in total. The molecule has 0 saturated carbocycles. The van der Waals surface area contributed by atoms with Crippen molar-refractivity contribution in [2.75, 3.05) is 51.5 Å². The molecule has 8 heteroatoms. The van der Waals surface area contributed by atoms with Gasteiger partial charge in [0.05, 0.1) is 16.1 Å². The Bertz CT molecular complexity index is 823. The van der Waals surface area contributed by atoms with Gasteiger partial charge in [0.25, 0.3) is 11.8 Å². The Morgan fingerprint density at radius 1 is 1.07 bits per heavy atom. The highest BCUT2D eigenvalue weighted by Crippen LogP contribution is 2.22. The third-order valence-electron chi connectivity index (χ3n) is 3.77. The molecule has 2 aromatic rings. The number of hydrogen-bond acceptors (Lipinski definition) is 5. The van der Waals surface area contributed by atoms with Crippen molar-refractivity contribution in [1.29, 1.82) is 0 Å². The van der Waals surface area contributed by atoms with Gasteiger partial charge in [0.15, 0.2) is 0 Å². The highest BCUT2D eigenvalue weighted by molar-refractivity contribution is 6.34. The first-order valence-electron chi connectivity index (χ1n) is 8.45. The van der Waals surface area contributed by atoms with Crippen LogP contribution < -0.4 is 15.5 Å². The van der Waals surface area contributed by atoms with Crippen LogP contribution in [0.4, 0.5) is 11.5 Å². The fraction of sp³-hybridized carbons (Fsp3) is 0.316. The minimum Gasteiger partial charge on any atom is -0.362 e. The van der Waals surface area contributed by atoms with Crippen LogP contribution in [0.3, 0.4) is 0 Å². The number of rotatable bonds is 7. The van der Waals surface area contributed by atoms with E-state index in [1.807, 2.05) is 33.1 Å². The van der Waals surface area contributed by atoms with E-state index in [2.05, 4.69) is 15.6 Å². The van der Waals surface area contributed by atoms with Crippen LogP contribution in [-0.4, -0.2) is 63.0 Å². The molecule has 0 saturated heterocycles. The van der Waals surface area contributed by atoms with E-state index in [4.69, 9.17) is 11.6 Å². The number of carbonyl (C=O) groups is 2. The smallest absolute Gasteiger partial charge is 0.259 e. The number of likely N-dealkylation sites (N-methyl/N-ethyl adjacent to an activating group) is 1. The maximum absolute atomic E-state index is 12.6. The van der Waals surface area contributed by atoms with Crippen molar-refractivity contribution >= 4 is 34.9 Å². The van der Waals surface area contributed by atoms with E-state index in [0.29, 0.717) is 29.2 Å². The zero-order valence-electron chi connectivity index (χ0n) is 15.9. The lowest BCUT2D eigenvalue weighted by Gasteiger charge is -2.16. The van der Waals surface area contributed by atoms with Gasteiger partial charge in [-0.05, 0) is 44.4 Å². The Labute approximate surface area is 164 Å². The largest absolute Gasteiger partial charge is 0.362 e.